The lowest BCUT2D eigenvalue weighted by Gasteiger charge is -2.02. The molecule has 17 heavy (non-hydrogen) atoms. The van der Waals surface area contributed by atoms with Crippen molar-refractivity contribution in [2.24, 2.45) is 0 Å². The maximum absolute atomic E-state index is 5.53. The van der Waals surface area contributed by atoms with Crippen molar-refractivity contribution in [3.05, 3.63) is 59.2 Å². The van der Waals surface area contributed by atoms with E-state index in [1.54, 1.807) is 6.20 Å². The van der Waals surface area contributed by atoms with Crippen LogP contribution >= 0.6 is 12.2 Å². The quantitative estimate of drug-likeness (QED) is 0.645. The number of fused-ring (bicyclic) bond motifs is 1. The Kier molecular flexibility index (Phi) is 2.49. The average Bonchev–Trinajstić information content (AvgIpc) is 2.68. The number of hydrogen-bond acceptors (Lipinski definition) is 3. The van der Waals surface area contributed by atoms with Crippen molar-refractivity contribution in [3.8, 4) is 0 Å². The molecule has 0 spiro atoms. The second-order valence-corrected chi connectivity index (χ2v) is 4.13. The molecule has 2 aromatic heterocycles. The van der Waals surface area contributed by atoms with Crippen LogP contribution in [0.5, 0.6) is 0 Å². The molecular formula is C13H10N2OS. The fraction of sp³-hybridized carbons (Fsp3) is 0.0769. The van der Waals surface area contributed by atoms with Gasteiger partial charge in [0.15, 0.2) is 5.58 Å². The Hall–Kier alpha value is -1.94. The van der Waals surface area contributed by atoms with Crippen LogP contribution in [0, 0.1) is 4.84 Å². The second kappa shape index (κ2) is 4.14. The van der Waals surface area contributed by atoms with Gasteiger partial charge in [0.05, 0.1) is 12.1 Å². The number of oxazole rings is 1. The molecule has 0 amide bonds. The lowest BCUT2D eigenvalue weighted by molar-refractivity contribution is 0.548. The molecular weight excluding hydrogens is 232 g/mol. The van der Waals surface area contributed by atoms with E-state index in [9.17, 15) is 0 Å². The van der Waals surface area contributed by atoms with Gasteiger partial charge in [-0.25, -0.2) is 0 Å². The van der Waals surface area contributed by atoms with E-state index >= 15 is 0 Å². The number of benzene rings is 1. The molecule has 0 aliphatic carbocycles. The zero-order valence-electron chi connectivity index (χ0n) is 9.04. The second-order valence-electron chi connectivity index (χ2n) is 3.78. The molecule has 3 aromatic rings. The number of hydrogen-bond donors (Lipinski definition) is 0. The lowest BCUT2D eigenvalue weighted by atomic mass is 10.2. The van der Waals surface area contributed by atoms with E-state index in [4.69, 9.17) is 16.6 Å². The van der Waals surface area contributed by atoms with Crippen molar-refractivity contribution in [1.82, 2.24) is 9.55 Å². The van der Waals surface area contributed by atoms with Gasteiger partial charge in [0, 0.05) is 12.4 Å². The van der Waals surface area contributed by atoms with Crippen molar-refractivity contribution in [2.45, 2.75) is 6.54 Å². The Balaban J connectivity index is 2.12. The first kappa shape index (κ1) is 10.2. The molecule has 0 saturated carbocycles. The lowest BCUT2D eigenvalue weighted by Crippen LogP contribution is -1.99. The summed E-state index contributed by atoms with van der Waals surface area (Å²) in [6.07, 6.45) is 3.60. The number of para-hydroxylation sites is 2. The molecule has 0 fully saturated rings. The third-order valence-corrected chi connectivity index (χ3v) is 2.94. The van der Waals surface area contributed by atoms with Gasteiger partial charge < -0.3 is 4.42 Å². The molecule has 3 nitrogen and oxygen atoms in total. The van der Waals surface area contributed by atoms with Crippen molar-refractivity contribution in [2.75, 3.05) is 0 Å². The van der Waals surface area contributed by atoms with Crippen LogP contribution in [0.25, 0.3) is 11.1 Å². The first-order valence-corrected chi connectivity index (χ1v) is 5.73. The minimum Gasteiger partial charge on any atom is -0.429 e. The zero-order valence-corrected chi connectivity index (χ0v) is 9.85. The fourth-order valence-corrected chi connectivity index (χ4v) is 2.09. The Morgan fingerprint density at radius 1 is 1.18 bits per heavy atom. The highest BCUT2D eigenvalue weighted by molar-refractivity contribution is 7.71. The molecule has 3 rings (SSSR count). The highest BCUT2D eigenvalue weighted by atomic mass is 32.1. The van der Waals surface area contributed by atoms with Crippen LogP contribution in [0.4, 0.5) is 0 Å². The van der Waals surface area contributed by atoms with Gasteiger partial charge in [-0.1, -0.05) is 18.2 Å². The van der Waals surface area contributed by atoms with E-state index in [1.165, 1.54) is 0 Å². The molecule has 0 N–H and O–H groups in total. The van der Waals surface area contributed by atoms with Crippen molar-refractivity contribution >= 4 is 23.3 Å². The number of nitrogens with zero attached hydrogens (tertiary/aromatic N) is 2. The highest BCUT2D eigenvalue weighted by Gasteiger charge is 2.06. The van der Waals surface area contributed by atoms with Crippen LogP contribution in [-0.4, -0.2) is 9.55 Å². The van der Waals surface area contributed by atoms with Crippen LogP contribution in [0.15, 0.2) is 53.2 Å². The summed E-state index contributed by atoms with van der Waals surface area (Å²) in [5.74, 6) is 0. The number of aromatic nitrogens is 2. The zero-order chi connectivity index (χ0) is 11.7. The summed E-state index contributed by atoms with van der Waals surface area (Å²) in [4.78, 5) is 4.59. The first-order valence-electron chi connectivity index (χ1n) is 5.32. The normalized spacial score (nSPS) is 10.8. The summed E-state index contributed by atoms with van der Waals surface area (Å²) in [6.45, 7) is 0.684. The molecule has 84 valence electrons. The number of pyridine rings is 1. The molecule has 0 unspecified atom stereocenters. The molecule has 0 bridgehead atoms. The summed E-state index contributed by atoms with van der Waals surface area (Å²) < 4.78 is 7.50. The number of rotatable bonds is 2. The van der Waals surface area contributed by atoms with Crippen molar-refractivity contribution in [3.63, 3.8) is 0 Å². The fourth-order valence-electron chi connectivity index (χ4n) is 1.84. The Morgan fingerprint density at radius 3 is 2.88 bits per heavy atom. The third-order valence-electron chi connectivity index (χ3n) is 2.64. The van der Waals surface area contributed by atoms with Gasteiger partial charge >= 0.3 is 0 Å². The molecule has 0 radical (unpaired) electrons. The molecule has 4 heteroatoms. The highest BCUT2D eigenvalue weighted by Crippen LogP contribution is 2.18. The molecule has 0 atom stereocenters. The van der Waals surface area contributed by atoms with Crippen LogP contribution in [0.1, 0.15) is 5.56 Å². The van der Waals surface area contributed by atoms with Gasteiger partial charge in [-0.15, -0.1) is 0 Å². The third kappa shape index (κ3) is 1.87. The van der Waals surface area contributed by atoms with E-state index in [-0.39, 0.29) is 0 Å². The van der Waals surface area contributed by atoms with Gasteiger partial charge in [0.2, 0.25) is 0 Å². The predicted molar refractivity (Wildman–Crippen MR) is 68.4 cm³/mol. The van der Waals surface area contributed by atoms with Crippen LogP contribution in [0.2, 0.25) is 0 Å². The largest absolute Gasteiger partial charge is 0.429 e. The Morgan fingerprint density at radius 2 is 2.06 bits per heavy atom. The van der Waals surface area contributed by atoms with Crippen LogP contribution in [-0.2, 0) is 6.54 Å². The predicted octanol–water partition coefficient (Wildman–Crippen LogP) is 3.41. The van der Waals surface area contributed by atoms with Crippen molar-refractivity contribution in [1.29, 1.82) is 0 Å². The van der Waals surface area contributed by atoms with E-state index in [1.807, 2.05) is 47.2 Å². The maximum atomic E-state index is 5.53. The summed E-state index contributed by atoms with van der Waals surface area (Å²) in [5, 5.41) is 0. The Bertz CT molecular complexity index is 700. The van der Waals surface area contributed by atoms with E-state index in [0.29, 0.717) is 11.4 Å². The van der Waals surface area contributed by atoms with Crippen LogP contribution < -0.4 is 0 Å². The topological polar surface area (TPSA) is 31.0 Å². The first-order chi connectivity index (χ1) is 8.34. The molecule has 2 heterocycles. The van der Waals surface area contributed by atoms with E-state index in [0.717, 1.165) is 16.7 Å². The van der Waals surface area contributed by atoms with Gasteiger partial charge in [-0.2, -0.15) is 0 Å². The van der Waals surface area contributed by atoms with E-state index in [2.05, 4.69) is 4.98 Å². The van der Waals surface area contributed by atoms with Gasteiger partial charge in [0.25, 0.3) is 4.84 Å². The van der Waals surface area contributed by atoms with Gasteiger partial charge in [0.1, 0.15) is 0 Å². The molecule has 1 aromatic carbocycles. The van der Waals surface area contributed by atoms with E-state index < -0.39 is 0 Å². The van der Waals surface area contributed by atoms with Crippen LogP contribution in [0.3, 0.4) is 0 Å². The maximum Gasteiger partial charge on any atom is 0.269 e. The molecule has 0 saturated heterocycles. The monoisotopic (exact) mass is 242 g/mol. The Labute approximate surface area is 103 Å². The molecule has 0 aliphatic heterocycles. The summed E-state index contributed by atoms with van der Waals surface area (Å²) in [7, 11) is 0. The summed E-state index contributed by atoms with van der Waals surface area (Å²) in [6, 6.07) is 11.8. The summed E-state index contributed by atoms with van der Waals surface area (Å²) in [5.41, 5.74) is 2.94. The average molecular weight is 242 g/mol. The van der Waals surface area contributed by atoms with Crippen molar-refractivity contribution < 1.29 is 4.42 Å². The van der Waals surface area contributed by atoms with Gasteiger partial charge in [-0.3, -0.25) is 9.55 Å². The SMILES string of the molecule is S=c1oc2ccccc2n1Cc1cccnc1. The smallest absolute Gasteiger partial charge is 0.269 e. The van der Waals surface area contributed by atoms with Gasteiger partial charge in [-0.05, 0) is 36.0 Å². The minimum absolute atomic E-state index is 0.495. The standard InChI is InChI=1S/C13H10N2OS/c17-13-15(9-10-4-3-7-14-8-10)11-5-1-2-6-12(11)16-13/h1-8H,9H2. The minimum atomic E-state index is 0.495. The molecule has 0 aliphatic rings. The summed E-state index contributed by atoms with van der Waals surface area (Å²) >= 11 is 5.23.